The molecule has 7 heteroatoms. The molecule has 0 aliphatic carbocycles. The third-order valence-electron chi connectivity index (χ3n) is 3.15. The van der Waals surface area contributed by atoms with E-state index in [1.165, 1.54) is 11.3 Å². The molecule has 1 aromatic carbocycles. The second kappa shape index (κ2) is 9.08. The molecule has 1 amide bonds. The number of benzene rings is 1. The Bertz CT molecular complexity index is 741. The third-order valence-corrected chi connectivity index (χ3v) is 4.28. The number of rotatable bonds is 8. The second-order valence-corrected chi connectivity index (χ2v) is 6.11. The van der Waals surface area contributed by atoms with E-state index < -0.39 is 0 Å². The van der Waals surface area contributed by atoms with Crippen LogP contribution in [0, 0.1) is 6.92 Å². The van der Waals surface area contributed by atoms with Crippen LogP contribution in [0.15, 0.2) is 30.3 Å². The van der Waals surface area contributed by atoms with Gasteiger partial charge in [0.25, 0.3) is 5.91 Å². The highest BCUT2D eigenvalue weighted by molar-refractivity contribution is 7.18. The molecule has 0 bridgehead atoms. The van der Waals surface area contributed by atoms with E-state index in [1.807, 2.05) is 19.1 Å². The van der Waals surface area contributed by atoms with Crippen molar-refractivity contribution < 1.29 is 23.8 Å². The predicted molar refractivity (Wildman–Crippen MR) is 96.7 cm³/mol. The Morgan fingerprint density at radius 3 is 2.40 bits per heavy atom. The van der Waals surface area contributed by atoms with Crippen molar-refractivity contribution in [3.63, 3.8) is 0 Å². The number of para-hydroxylation sites is 2. The van der Waals surface area contributed by atoms with E-state index in [-0.39, 0.29) is 18.5 Å². The third kappa shape index (κ3) is 5.22. The number of nitrogens with one attached hydrogen (secondary N) is 1. The monoisotopic (exact) mass is 363 g/mol. The molecule has 0 radical (unpaired) electrons. The fraction of sp³-hybridized carbons (Fsp3) is 0.333. The quantitative estimate of drug-likeness (QED) is 0.725. The minimum absolute atomic E-state index is 0.157. The molecule has 0 saturated carbocycles. The lowest BCUT2D eigenvalue weighted by atomic mass is 10.3. The summed E-state index contributed by atoms with van der Waals surface area (Å²) in [5.41, 5.74) is 0.765. The summed E-state index contributed by atoms with van der Waals surface area (Å²) >= 11 is 1.18. The van der Waals surface area contributed by atoms with Gasteiger partial charge < -0.3 is 19.5 Å². The number of carbonyl (C=O) groups excluding carboxylic acids is 2. The number of carbonyl (C=O) groups is 2. The van der Waals surface area contributed by atoms with Crippen molar-refractivity contribution in [3.8, 4) is 11.5 Å². The smallest absolute Gasteiger partial charge is 0.348 e. The standard InChI is InChI=1S/C18H21NO5S/c1-4-22-13-8-6-7-9-14(13)24-11-15(20)19-16-10-12(3)17(25-16)18(21)23-5-2/h6-10H,4-5,11H2,1-3H3,(H,19,20). The number of hydrogen-bond acceptors (Lipinski definition) is 6. The molecule has 0 fully saturated rings. The molecule has 0 unspecified atom stereocenters. The van der Waals surface area contributed by atoms with Crippen molar-refractivity contribution in [2.75, 3.05) is 25.1 Å². The van der Waals surface area contributed by atoms with Crippen LogP contribution >= 0.6 is 11.3 Å². The Morgan fingerprint density at radius 2 is 1.76 bits per heavy atom. The van der Waals surface area contributed by atoms with Crippen LogP contribution < -0.4 is 14.8 Å². The highest BCUT2D eigenvalue weighted by Gasteiger charge is 2.16. The first-order valence-electron chi connectivity index (χ1n) is 7.97. The van der Waals surface area contributed by atoms with E-state index in [0.29, 0.717) is 34.6 Å². The highest BCUT2D eigenvalue weighted by atomic mass is 32.1. The van der Waals surface area contributed by atoms with Gasteiger partial charge in [0.1, 0.15) is 4.88 Å². The van der Waals surface area contributed by atoms with Crippen LogP contribution in [-0.2, 0) is 9.53 Å². The molecule has 1 aromatic heterocycles. The summed E-state index contributed by atoms with van der Waals surface area (Å²) < 4.78 is 16.0. The SMILES string of the molecule is CCOC(=O)c1sc(NC(=O)COc2ccccc2OCC)cc1C. The zero-order valence-corrected chi connectivity index (χ0v) is 15.3. The van der Waals surface area contributed by atoms with Crippen LogP contribution in [-0.4, -0.2) is 31.7 Å². The van der Waals surface area contributed by atoms with Gasteiger partial charge in [-0.3, -0.25) is 4.79 Å². The summed E-state index contributed by atoms with van der Waals surface area (Å²) in [6.45, 7) is 6.09. The average molecular weight is 363 g/mol. The molecule has 6 nitrogen and oxygen atoms in total. The van der Waals surface area contributed by atoms with Gasteiger partial charge >= 0.3 is 5.97 Å². The maximum Gasteiger partial charge on any atom is 0.348 e. The summed E-state index contributed by atoms with van der Waals surface area (Å²) in [6.07, 6.45) is 0. The average Bonchev–Trinajstić information content (AvgIpc) is 2.95. The van der Waals surface area contributed by atoms with Gasteiger partial charge in [0, 0.05) is 0 Å². The maximum absolute atomic E-state index is 12.1. The Labute approximate surface area is 150 Å². The van der Waals surface area contributed by atoms with E-state index in [9.17, 15) is 9.59 Å². The summed E-state index contributed by atoms with van der Waals surface area (Å²) in [5, 5.41) is 3.30. The predicted octanol–water partition coefficient (Wildman–Crippen LogP) is 3.65. The van der Waals surface area contributed by atoms with E-state index in [1.54, 1.807) is 32.0 Å². The van der Waals surface area contributed by atoms with Crippen molar-refractivity contribution in [2.45, 2.75) is 20.8 Å². The first-order chi connectivity index (χ1) is 12.0. The molecular weight excluding hydrogens is 342 g/mol. The van der Waals surface area contributed by atoms with Crippen LogP contribution in [0.5, 0.6) is 11.5 Å². The van der Waals surface area contributed by atoms with Crippen LogP contribution in [0.4, 0.5) is 5.00 Å². The normalized spacial score (nSPS) is 10.2. The topological polar surface area (TPSA) is 73.9 Å². The van der Waals surface area contributed by atoms with Gasteiger partial charge in [-0.1, -0.05) is 12.1 Å². The molecule has 0 aliphatic heterocycles. The maximum atomic E-state index is 12.1. The number of esters is 1. The second-order valence-electron chi connectivity index (χ2n) is 5.06. The van der Waals surface area contributed by atoms with E-state index in [2.05, 4.69) is 5.32 Å². The van der Waals surface area contributed by atoms with Crippen LogP contribution in [0.3, 0.4) is 0 Å². The first-order valence-corrected chi connectivity index (χ1v) is 8.78. The Kier molecular flexibility index (Phi) is 6.82. The number of aryl methyl sites for hydroxylation is 1. The van der Waals surface area contributed by atoms with Gasteiger partial charge in [0.05, 0.1) is 18.2 Å². The molecule has 0 atom stereocenters. The molecule has 0 aliphatic rings. The molecule has 0 spiro atoms. The van der Waals surface area contributed by atoms with Gasteiger partial charge in [0.2, 0.25) is 0 Å². The first kappa shape index (κ1) is 18.8. The van der Waals surface area contributed by atoms with Crippen LogP contribution in [0.25, 0.3) is 0 Å². The summed E-state index contributed by atoms with van der Waals surface area (Å²) in [6, 6.07) is 8.91. The summed E-state index contributed by atoms with van der Waals surface area (Å²) in [5.74, 6) is 0.402. The van der Waals surface area contributed by atoms with E-state index in [0.717, 1.165) is 5.56 Å². The Morgan fingerprint density at radius 1 is 1.08 bits per heavy atom. The Hall–Kier alpha value is -2.54. The van der Waals surface area contributed by atoms with Gasteiger partial charge in [-0.15, -0.1) is 11.3 Å². The minimum Gasteiger partial charge on any atom is -0.490 e. The highest BCUT2D eigenvalue weighted by Crippen LogP contribution is 2.28. The van der Waals surface area contributed by atoms with Gasteiger partial charge in [-0.05, 0) is 44.5 Å². The zero-order chi connectivity index (χ0) is 18.2. The minimum atomic E-state index is -0.382. The molecule has 2 rings (SSSR count). The fourth-order valence-electron chi connectivity index (χ4n) is 2.10. The van der Waals surface area contributed by atoms with E-state index >= 15 is 0 Å². The van der Waals surface area contributed by atoms with E-state index in [4.69, 9.17) is 14.2 Å². The van der Waals surface area contributed by atoms with Gasteiger partial charge in [0.15, 0.2) is 18.1 Å². The molecule has 0 saturated heterocycles. The van der Waals surface area contributed by atoms with Crippen molar-refractivity contribution in [3.05, 3.63) is 40.8 Å². The number of hydrogen-bond donors (Lipinski definition) is 1. The lowest BCUT2D eigenvalue weighted by Crippen LogP contribution is -2.19. The molecule has 1 N–H and O–H groups in total. The Balaban J connectivity index is 1.95. The van der Waals surface area contributed by atoms with Crippen molar-refractivity contribution in [2.24, 2.45) is 0 Å². The molecule has 2 aromatic rings. The zero-order valence-electron chi connectivity index (χ0n) is 14.5. The summed E-state index contributed by atoms with van der Waals surface area (Å²) in [4.78, 5) is 24.4. The number of thiophene rings is 1. The largest absolute Gasteiger partial charge is 0.490 e. The van der Waals surface area contributed by atoms with Gasteiger partial charge in [-0.2, -0.15) is 0 Å². The van der Waals surface area contributed by atoms with Gasteiger partial charge in [-0.25, -0.2) is 4.79 Å². The number of ether oxygens (including phenoxy) is 3. The number of anilines is 1. The molecule has 1 heterocycles. The van der Waals surface area contributed by atoms with Crippen molar-refractivity contribution >= 4 is 28.2 Å². The molecule has 25 heavy (non-hydrogen) atoms. The lowest BCUT2D eigenvalue weighted by Gasteiger charge is -2.11. The van der Waals surface area contributed by atoms with Crippen LogP contribution in [0.1, 0.15) is 29.1 Å². The van der Waals surface area contributed by atoms with Crippen molar-refractivity contribution in [1.82, 2.24) is 0 Å². The van der Waals surface area contributed by atoms with Crippen molar-refractivity contribution in [1.29, 1.82) is 0 Å². The van der Waals surface area contributed by atoms with Crippen LogP contribution in [0.2, 0.25) is 0 Å². The molecule has 134 valence electrons. The fourth-order valence-corrected chi connectivity index (χ4v) is 3.09. The molecular formula is C18H21NO5S. The lowest BCUT2D eigenvalue weighted by molar-refractivity contribution is -0.118. The summed E-state index contributed by atoms with van der Waals surface area (Å²) in [7, 11) is 0. The number of amides is 1.